The number of aromatic nitrogens is 2. The molecule has 4 heteroatoms. The van der Waals surface area contributed by atoms with E-state index in [1.165, 1.54) is 16.8 Å². The molecule has 4 nitrogen and oxygen atoms in total. The number of hydrogen-bond donors (Lipinski definition) is 1. The van der Waals surface area contributed by atoms with E-state index in [2.05, 4.69) is 66.1 Å². The zero-order valence-corrected chi connectivity index (χ0v) is 14.1. The van der Waals surface area contributed by atoms with Gasteiger partial charge in [-0.3, -0.25) is 0 Å². The van der Waals surface area contributed by atoms with E-state index in [1.54, 1.807) is 0 Å². The van der Waals surface area contributed by atoms with Crippen LogP contribution in [0, 0.1) is 0 Å². The lowest BCUT2D eigenvalue weighted by Gasteiger charge is -2.20. The molecule has 0 aliphatic carbocycles. The standard InChI is InChI=1S/C18H26N4/c1-5-14-10-9-11-15(6-2)17(14)20-16-12-13-19-18(21-16)22(7-3)8-4/h9-13H,5-8H2,1-4H3,(H,19,20,21). The van der Waals surface area contributed by atoms with E-state index in [9.17, 15) is 0 Å². The van der Waals surface area contributed by atoms with Gasteiger partial charge >= 0.3 is 0 Å². The highest BCUT2D eigenvalue weighted by molar-refractivity contribution is 5.65. The van der Waals surface area contributed by atoms with Gasteiger partial charge in [-0.2, -0.15) is 4.98 Å². The number of aryl methyl sites for hydroxylation is 2. The second kappa shape index (κ2) is 7.78. The third kappa shape index (κ3) is 3.56. The third-order valence-corrected chi connectivity index (χ3v) is 3.94. The van der Waals surface area contributed by atoms with Gasteiger partial charge in [-0.05, 0) is 43.9 Å². The van der Waals surface area contributed by atoms with Crippen molar-refractivity contribution in [3.63, 3.8) is 0 Å². The van der Waals surface area contributed by atoms with Crippen LogP contribution in [0.1, 0.15) is 38.8 Å². The number of benzene rings is 1. The second-order valence-electron chi connectivity index (χ2n) is 5.20. The lowest BCUT2D eigenvalue weighted by atomic mass is 10.0. The lowest BCUT2D eigenvalue weighted by molar-refractivity contribution is 0.822. The van der Waals surface area contributed by atoms with Crippen LogP contribution < -0.4 is 10.2 Å². The van der Waals surface area contributed by atoms with E-state index in [0.29, 0.717) is 0 Å². The summed E-state index contributed by atoms with van der Waals surface area (Å²) < 4.78 is 0. The Morgan fingerprint density at radius 3 is 2.14 bits per heavy atom. The minimum Gasteiger partial charge on any atom is -0.341 e. The van der Waals surface area contributed by atoms with Gasteiger partial charge in [0.05, 0.1) is 0 Å². The molecule has 0 spiro atoms. The molecule has 0 atom stereocenters. The van der Waals surface area contributed by atoms with Crippen LogP contribution in [0.4, 0.5) is 17.5 Å². The first-order valence-corrected chi connectivity index (χ1v) is 8.19. The highest BCUT2D eigenvalue weighted by atomic mass is 15.3. The first-order valence-electron chi connectivity index (χ1n) is 8.19. The minimum atomic E-state index is 0.780. The van der Waals surface area contributed by atoms with Crippen LogP contribution in [-0.4, -0.2) is 23.1 Å². The minimum absolute atomic E-state index is 0.780. The molecule has 2 aromatic rings. The number of rotatable bonds is 7. The summed E-state index contributed by atoms with van der Waals surface area (Å²) >= 11 is 0. The predicted octanol–water partition coefficient (Wildman–Crippen LogP) is 4.19. The van der Waals surface area contributed by atoms with Crippen molar-refractivity contribution in [3.8, 4) is 0 Å². The van der Waals surface area contributed by atoms with Gasteiger partial charge in [-0.25, -0.2) is 4.98 Å². The molecule has 118 valence electrons. The Labute approximate surface area is 133 Å². The Balaban J connectivity index is 2.33. The Morgan fingerprint density at radius 2 is 1.59 bits per heavy atom. The summed E-state index contributed by atoms with van der Waals surface area (Å²) in [5.41, 5.74) is 3.83. The molecule has 0 saturated carbocycles. The van der Waals surface area contributed by atoms with Crippen molar-refractivity contribution >= 4 is 17.5 Å². The maximum absolute atomic E-state index is 4.66. The summed E-state index contributed by atoms with van der Waals surface area (Å²) in [6.45, 7) is 10.4. The fourth-order valence-corrected chi connectivity index (χ4v) is 2.61. The maximum atomic E-state index is 4.66. The highest BCUT2D eigenvalue weighted by Gasteiger charge is 2.09. The lowest BCUT2D eigenvalue weighted by Crippen LogP contribution is -2.24. The molecular formula is C18H26N4. The maximum Gasteiger partial charge on any atom is 0.227 e. The molecule has 0 fully saturated rings. The van der Waals surface area contributed by atoms with Crippen molar-refractivity contribution < 1.29 is 0 Å². The Bertz CT molecular complexity index is 584. The summed E-state index contributed by atoms with van der Waals surface area (Å²) in [6, 6.07) is 8.41. The van der Waals surface area contributed by atoms with Crippen LogP contribution in [0.2, 0.25) is 0 Å². The molecule has 0 unspecified atom stereocenters. The average molecular weight is 298 g/mol. The summed E-state index contributed by atoms with van der Waals surface area (Å²) in [7, 11) is 0. The number of para-hydroxylation sites is 1. The SMILES string of the molecule is CCc1cccc(CC)c1Nc1ccnc(N(CC)CC)n1. The number of nitrogens with zero attached hydrogens (tertiary/aromatic N) is 3. The summed E-state index contributed by atoms with van der Waals surface area (Å²) in [5.74, 6) is 1.63. The smallest absolute Gasteiger partial charge is 0.227 e. The predicted molar refractivity (Wildman–Crippen MR) is 94.1 cm³/mol. The van der Waals surface area contributed by atoms with E-state index in [0.717, 1.165) is 37.7 Å². The largest absolute Gasteiger partial charge is 0.341 e. The zero-order chi connectivity index (χ0) is 15.9. The van der Waals surface area contributed by atoms with Crippen molar-refractivity contribution in [2.75, 3.05) is 23.3 Å². The second-order valence-corrected chi connectivity index (χ2v) is 5.20. The fraction of sp³-hybridized carbons (Fsp3) is 0.444. The van der Waals surface area contributed by atoms with E-state index >= 15 is 0 Å². The first-order chi connectivity index (χ1) is 10.7. The molecule has 0 saturated heterocycles. The van der Waals surface area contributed by atoms with Crippen molar-refractivity contribution in [1.29, 1.82) is 0 Å². The normalized spacial score (nSPS) is 10.5. The number of anilines is 3. The first kappa shape index (κ1) is 16.3. The van der Waals surface area contributed by atoms with Gasteiger partial charge in [0, 0.05) is 25.0 Å². The summed E-state index contributed by atoms with van der Waals surface area (Å²) in [5, 5.41) is 3.51. The third-order valence-electron chi connectivity index (χ3n) is 3.94. The summed E-state index contributed by atoms with van der Waals surface area (Å²) in [6.07, 6.45) is 3.83. The van der Waals surface area contributed by atoms with Gasteiger partial charge in [0.15, 0.2) is 0 Å². The molecular weight excluding hydrogens is 272 g/mol. The quantitative estimate of drug-likeness (QED) is 0.832. The molecule has 2 rings (SSSR count). The monoisotopic (exact) mass is 298 g/mol. The van der Waals surface area contributed by atoms with Crippen LogP contribution in [-0.2, 0) is 12.8 Å². The van der Waals surface area contributed by atoms with Crippen molar-refractivity contribution in [2.24, 2.45) is 0 Å². The van der Waals surface area contributed by atoms with E-state index in [-0.39, 0.29) is 0 Å². The molecule has 0 aliphatic rings. The van der Waals surface area contributed by atoms with Gasteiger partial charge in [0.1, 0.15) is 5.82 Å². The van der Waals surface area contributed by atoms with E-state index in [1.807, 2.05) is 12.3 Å². The van der Waals surface area contributed by atoms with Crippen LogP contribution >= 0.6 is 0 Å². The van der Waals surface area contributed by atoms with Gasteiger partial charge in [-0.1, -0.05) is 32.0 Å². The van der Waals surface area contributed by atoms with Gasteiger partial charge in [0.25, 0.3) is 0 Å². The molecule has 1 heterocycles. The average Bonchev–Trinajstić information content (AvgIpc) is 2.56. The zero-order valence-electron chi connectivity index (χ0n) is 14.1. The molecule has 0 radical (unpaired) electrons. The number of nitrogens with one attached hydrogen (secondary N) is 1. The van der Waals surface area contributed by atoms with Crippen LogP contribution in [0.3, 0.4) is 0 Å². The molecule has 0 bridgehead atoms. The Morgan fingerprint density at radius 1 is 0.955 bits per heavy atom. The van der Waals surface area contributed by atoms with Crippen molar-refractivity contribution in [1.82, 2.24) is 9.97 Å². The van der Waals surface area contributed by atoms with Gasteiger partial charge < -0.3 is 10.2 Å². The Kier molecular flexibility index (Phi) is 5.75. The van der Waals surface area contributed by atoms with Crippen molar-refractivity contribution in [3.05, 3.63) is 41.6 Å². The van der Waals surface area contributed by atoms with Crippen LogP contribution in [0.15, 0.2) is 30.5 Å². The molecule has 22 heavy (non-hydrogen) atoms. The fourth-order valence-electron chi connectivity index (χ4n) is 2.61. The Hall–Kier alpha value is -2.10. The van der Waals surface area contributed by atoms with E-state index in [4.69, 9.17) is 0 Å². The molecule has 0 amide bonds. The van der Waals surface area contributed by atoms with Gasteiger partial charge in [0.2, 0.25) is 5.95 Å². The van der Waals surface area contributed by atoms with Crippen LogP contribution in [0.5, 0.6) is 0 Å². The number of hydrogen-bond acceptors (Lipinski definition) is 4. The van der Waals surface area contributed by atoms with Gasteiger partial charge in [-0.15, -0.1) is 0 Å². The van der Waals surface area contributed by atoms with Crippen molar-refractivity contribution in [2.45, 2.75) is 40.5 Å². The topological polar surface area (TPSA) is 41.1 Å². The summed E-state index contributed by atoms with van der Waals surface area (Å²) in [4.78, 5) is 11.2. The molecule has 1 aromatic carbocycles. The van der Waals surface area contributed by atoms with Crippen LogP contribution in [0.25, 0.3) is 0 Å². The highest BCUT2D eigenvalue weighted by Crippen LogP contribution is 2.26. The molecule has 1 aromatic heterocycles. The molecule has 0 aliphatic heterocycles. The molecule has 1 N–H and O–H groups in total. The van der Waals surface area contributed by atoms with E-state index < -0.39 is 0 Å².